The van der Waals surface area contributed by atoms with Crippen LogP contribution in [0.4, 0.5) is 0 Å². The lowest BCUT2D eigenvalue weighted by molar-refractivity contribution is -0.123. The van der Waals surface area contributed by atoms with Crippen LogP contribution in [0.5, 0.6) is 5.88 Å². The lowest BCUT2D eigenvalue weighted by atomic mass is 10.1. The van der Waals surface area contributed by atoms with Crippen LogP contribution in [0.3, 0.4) is 0 Å². The zero-order valence-corrected chi connectivity index (χ0v) is 12.6. The SMILES string of the molecule is O=C(COc1nncc2ccccc12)NCCc1ccccc1. The van der Waals surface area contributed by atoms with Crippen molar-refractivity contribution in [2.75, 3.05) is 13.2 Å². The molecule has 0 saturated carbocycles. The second-order valence-electron chi connectivity index (χ2n) is 5.11. The first kappa shape index (κ1) is 15.0. The van der Waals surface area contributed by atoms with Gasteiger partial charge >= 0.3 is 0 Å². The van der Waals surface area contributed by atoms with Gasteiger partial charge in [0, 0.05) is 17.3 Å². The van der Waals surface area contributed by atoms with Crippen molar-refractivity contribution in [2.45, 2.75) is 6.42 Å². The van der Waals surface area contributed by atoms with Gasteiger partial charge in [0.1, 0.15) is 0 Å². The number of fused-ring (bicyclic) bond motifs is 1. The Morgan fingerprint density at radius 3 is 2.70 bits per heavy atom. The number of nitrogens with zero attached hydrogens (tertiary/aromatic N) is 2. The lowest BCUT2D eigenvalue weighted by Gasteiger charge is -2.08. The molecule has 0 bridgehead atoms. The zero-order valence-electron chi connectivity index (χ0n) is 12.6. The van der Waals surface area contributed by atoms with Crippen LogP contribution in [-0.2, 0) is 11.2 Å². The summed E-state index contributed by atoms with van der Waals surface area (Å²) in [6.45, 7) is 0.505. The molecular weight excluding hydrogens is 290 g/mol. The summed E-state index contributed by atoms with van der Waals surface area (Å²) in [5.74, 6) is 0.206. The third kappa shape index (κ3) is 4.03. The number of hydrogen-bond acceptors (Lipinski definition) is 4. The van der Waals surface area contributed by atoms with Gasteiger partial charge in [0.15, 0.2) is 6.61 Å². The third-order valence-corrected chi connectivity index (χ3v) is 3.46. The Balaban J connectivity index is 1.50. The van der Waals surface area contributed by atoms with Gasteiger partial charge in [0.2, 0.25) is 5.88 Å². The van der Waals surface area contributed by atoms with E-state index in [1.165, 1.54) is 5.56 Å². The van der Waals surface area contributed by atoms with Crippen LogP contribution in [0, 0.1) is 0 Å². The molecule has 23 heavy (non-hydrogen) atoms. The van der Waals surface area contributed by atoms with E-state index in [9.17, 15) is 4.79 Å². The summed E-state index contributed by atoms with van der Waals surface area (Å²) >= 11 is 0. The van der Waals surface area contributed by atoms with E-state index >= 15 is 0 Å². The van der Waals surface area contributed by atoms with Gasteiger partial charge in [0.05, 0.1) is 6.20 Å². The maximum absolute atomic E-state index is 11.9. The van der Waals surface area contributed by atoms with Crippen LogP contribution in [0.25, 0.3) is 10.8 Å². The molecule has 0 fully saturated rings. The minimum absolute atomic E-state index is 0.0719. The van der Waals surface area contributed by atoms with Crippen molar-refractivity contribution in [3.63, 3.8) is 0 Å². The number of aromatic nitrogens is 2. The smallest absolute Gasteiger partial charge is 0.258 e. The van der Waals surface area contributed by atoms with Gasteiger partial charge in [-0.1, -0.05) is 48.5 Å². The molecule has 0 unspecified atom stereocenters. The van der Waals surface area contributed by atoms with Crippen molar-refractivity contribution < 1.29 is 9.53 Å². The molecule has 1 N–H and O–H groups in total. The van der Waals surface area contributed by atoms with Crippen LogP contribution in [0.2, 0.25) is 0 Å². The predicted octanol–water partition coefficient (Wildman–Crippen LogP) is 2.37. The van der Waals surface area contributed by atoms with Gasteiger partial charge in [-0.05, 0) is 18.1 Å². The maximum atomic E-state index is 11.9. The van der Waals surface area contributed by atoms with Gasteiger partial charge in [-0.2, -0.15) is 5.10 Å². The molecule has 5 heteroatoms. The summed E-state index contributed by atoms with van der Waals surface area (Å²) in [4.78, 5) is 11.9. The van der Waals surface area contributed by atoms with E-state index in [-0.39, 0.29) is 12.5 Å². The van der Waals surface area contributed by atoms with Crippen molar-refractivity contribution in [2.24, 2.45) is 0 Å². The largest absolute Gasteiger partial charge is 0.466 e. The number of nitrogens with one attached hydrogen (secondary N) is 1. The highest BCUT2D eigenvalue weighted by Crippen LogP contribution is 2.20. The molecule has 0 aliphatic carbocycles. The van der Waals surface area contributed by atoms with Gasteiger partial charge in [0.25, 0.3) is 5.91 Å². The van der Waals surface area contributed by atoms with Crippen molar-refractivity contribution in [3.05, 3.63) is 66.4 Å². The molecule has 0 aliphatic rings. The molecule has 0 radical (unpaired) electrons. The minimum atomic E-state index is -0.171. The van der Waals surface area contributed by atoms with Crippen LogP contribution in [-0.4, -0.2) is 29.3 Å². The first-order valence-electron chi connectivity index (χ1n) is 7.47. The Hall–Kier alpha value is -2.95. The van der Waals surface area contributed by atoms with E-state index in [0.717, 1.165) is 17.2 Å². The second-order valence-corrected chi connectivity index (χ2v) is 5.11. The number of benzene rings is 2. The Labute approximate surface area is 134 Å². The van der Waals surface area contributed by atoms with E-state index in [1.807, 2.05) is 54.6 Å². The fraction of sp³-hybridized carbons (Fsp3) is 0.167. The molecule has 0 atom stereocenters. The fourth-order valence-corrected chi connectivity index (χ4v) is 2.28. The molecule has 3 rings (SSSR count). The second kappa shape index (κ2) is 7.35. The summed E-state index contributed by atoms with van der Waals surface area (Å²) in [6, 6.07) is 17.7. The van der Waals surface area contributed by atoms with E-state index in [2.05, 4.69) is 15.5 Å². The fourth-order valence-electron chi connectivity index (χ4n) is 2.28. The van der Waals surface area contributed by atoms with Crippen molar-refractivity contribution >= 4 is 16.7 Å². The highest BCUT2D eigenvalue weighted by atomic mass is 16.5. The minimum Gasteiger partial charge on any atom is -0.466 e. The Kier molecular flexibility index (Phi) is 4.79. The van der Waals surface area contributed by atoms with E-state index < -0.39 is 0 Å². The number of carbonyl (C=O) groups excluding carboxylic acids is 1. The predicted molar refractivity (Wildman–Crippen MR) is 88.2 cm³/mol. The third-order valence-electron chi connectivity index (χ3n) is 3.46. The molecule has 1 aromatic heterocycles. The average Bonchev–Trinajstić information content (AvgIpc) is 2.61. The summed E-state index contributed by atoms with van der Waals surface area (Å²) < 4.78 is 5.50. The number of hydrogen-bond donors (Lipinski definition) is 1. The molecule has 0 spiro atoms. The van der Waals surface area contributed by atoms with Gasteiger partial charge in [-0.15, -0.1) is 5.10 Å². The van der Waals surface area contributed by atoms with Crippen LogP contribution < -0.4 is 10.1 Å². The number of rotatable bonds is 6. The molecular formula is C18H17N3O2. The lowest BCUT2D eigenvalue weighted by Crippen LogP contribution is -2.30. The van der Waals surface area contributed by atoms with E-state index in [4.69, 9.17) is 4.74 Å². The first-order chi connectivity index (χ1) is 11.3. The molecule has 5 nitrogen and oxygen atoms in total. The summed E-state index contributed by atoms with van der Waals surface area (Å²) in [7, 11) is 0. The van der Waals surface area contributed by atoms with Crippen molar-refractivity contribution in [3.8, 4) is 5.88 Å². The molecule has 1 amide bonds. The Morgan fingerprint density at radius 1 is 1.04 bits per heavy atom. The van der Waals surface area contributed by atoms with Crippen LogP contribution in [0.15, 0.2) is 60.8 Å². The quantitative estimate of drug-likeness (QED) is 0.759. The van der Waals surface area contributed by atoms with Crippen LogP contribution in [0.1, 0.15) is 5.56 Å². The first-order valence-corrected chi connectivity index (χ1v) is 7.47. The van der Waals surface area contributed by atoms with Gasteiger partial charge in [-0.3, -0.25) is 4.79 Å². The molecule has 2 aromatic carbocycles. The molecule has 0 saturated heterocycles. The van der Waals surface area contributed by atoms with Gasteiger partial charge in [-0.25, -0.2) is 0 Å². The molecule has 1 heterocycles. The standard InChI is InChI=1S/C18H17N3O2/c22-17(19-11-10-14-6-2-1-3-7-14)13-23-18-16-9-5-4-8-15(16)12-20-21-18/h1-9,12H,10-11,13H2,(H,19,22). The summed E-state index contributed by atoms with van der Waals surface area (Å²) in [6.07, 6.45) is 2.46. The number of amides is 1. The van der Waals surface area contributed by atoms with Crippen molar-refractivity contribution in [1.82, 2.24) is 15.5 Å². The Bertz CT molecular complexity index is 785. The zero-order chi connectivity index (χ0) is 15.9. The average molecular weight is 307 g/mol. The van der Waals surface area contributed by atoms with Crippen LogP contribution >= 0.6 is 0 Å². The van der Waals surface area contributed by atoms with Gasteiger partial charge < -0.3 is 10.1 Å². The molecule has 116 valence electrons. The normalized spacial score (nSPS) is 10.4. The molecule has 3 aromatic rings. The number of ether oxygens (including phenoxy) is 1. The Morgan fingerprint density at radius 2 is 1.83 bits per heavy atom. The maximum Gasteiger partial charge on any atom is 0.258 e. The summed E-state index contributed by atoms with van der Waals surface area (Å²) in [5, 5.41) is 12.5. The van der Waals surface area contributed by atoms with Crippen molar-refractivity contribution in [1.29, 1.82) is 0 Å². The number of carbonyl (C=O) groups is 1. The summed E-state index contributed by atoms with van der Waals surface area (Å²) in [5.41, 5.74) is 1.19. The highest BCUT2D eigenvalue weighted by molar-refractivity contribution is 5.86. The molecule has 0 aliphatic heterocycles. The highest BCUT2D eigenvalue weighted by Gasteiger charge is 2.07. The monoisotopic (exact) mass is 307 g/mol. The topological polar surface area (TPSA) is 64.1 Å². The van der Waals surface area contributed by atoms with E-state index in [1.54, 1.807) is 6.20 Å². The van der Waals surface area contributed by atoms with E-state index in [0.29, 0.717) is 12.4 Å².